The van der Waals surface area contributed by atoms with Crippen molar-refractivity contribution in [3.8, 4) is 0 Å². The van der Waals surface area contributed by atoms with Gasteiger partial charge in [-0.05, 0) is 54.3 Å². The summed E-state index contributed by atoms with van der Waals surface area (Å²) in [5.41, 5.74) is 10.4. The Bertz CT molecular complexity index is 995. The van der Waals surface area contributed by atoms with Gasteiger partial charge in [0.25, 0.3) is 0 Å². The van der Waals surface area contributed by atoms with Crippen LogP contribution in [0.4, 0.5) is 10.5 Å². The lowest BCUT2D eigenvalue weighted by Crippen LogP contribution is -2.36. The molecule has 0 saturated heterocycles. The highest BCUT2D eigenvalue weighted by Crippen LogP contribution is 2.24. The monoisotopic (exact) mass is 448 g/mol. The minimum atomic E-state index is -0.131. The summed E-state index contributed by atoms with van der Waals surface area (Å²) in [5, 5.41) is 9.27. The van der Waals surface area contributed by atoms with Gasteiger partial charge in [0, 0.05) is 50.1 Å². The summed E-state index contributed by atoms with van der Waals surface area (Å²) in [5.74, 6) is 0.138. The number of nitrogens with two attached hydrogens (primary N) is 1. The Kier molecular flexibility index (Phi) is 7.34. The van der Waals surface area contributed by atoms with E-state index in [2.05, 4.69) is 15.4 Å². The minimum absolute atomic E-state index is 0.0585. The zero-order valence-corrected chi connectivity index (χ0v) is 19.2. The average molecular weight is 449 g/mol. The summed E-state index contributed by atoms with van der Waals surface area (Å²) < 4.78 is 0. The number of aromatic nitrogens is 1. The van der Waals surface area contributed by atoms with Crippen LogP contribution in [-0.4, -0.2) is 45.6 Å². The SMILES string of the molecule is CC1CC(=O)N(CCCCCCN)N=C1c1ccc(NC(=O)N2Cc3ccncc3C2)cc1. The van der Waals surface area contributed by atoms with Crippen LogP contribution in [-0.2, 0) is 17.9 Å². The number of carbonyl (C=O) groups excluding carboxylic acids is 2. The van der Waals surface area contributed by atoms with Crippen molar-refractivity contribution in [3.63, 3.8) is 0 Å². The second-order valence-corrected chi connectivity index (χ2v) is 8.82. The fourth-order valence-corrected chi connectivity index (χ4v) is 4.31. The number of fused-ring (bicyclic) bond motifs is 1. The van der Waals surface area contributed by atoms with Gasteiger partial charge in [-0.3, -0.25) is 9.78 Å². The number of hydrogen-bond donors (Lipinski definition) is 2. The first-order chi connectivity index (χ1) is 16.0. The van der Waals surface area contributed by atoms with E-state index in [9.17, 15) is 9.59 Å². The van der Waals surface area contributed by atoms with Crippen molar-refractivity contribution in [2.45, 2.75) is 52.1 Å². The molecule has 1 atom stereocenters. The first kappa shape index (κ1) is 22.9. The van der Waals surface area contributed by atoms with Crippen molar-refractivity contribution in [1.82, 2.24) is 14.9 Å². The Morgan fingerprint density at radius 3 is 2.61 bits per heavy atom. The van der Waals surface area contributed by atoms with Gasteiger partial charge in [0.15, 0.2) is 0 Å². The van der Waals surface area contributed by atoms with Gasteiger partial charge in [-0.2, -0.15) is 5.10 Å². The molecule has 2 aromatic rings. The topological polar surface area (TPSA) is 104 Å². The fraction of sp³-hybridized carbons (Fsp3) is 0.440. The van der Waals surface area contributed by atoms with Crippen molar-refractivity contribution in [2.24, 2.45) is 16.8 Å². The number of nitrogens with one attached hydrogen (secondary N) is 1. The van der Waals surface area contributed by atoms with Gasteiger partial charge in [-0.1, -0.05) is 31.9 Å². The minimum Gasteiger partial charge on any atom is -0.330 e. The van der Waals surface area contributed by atoms with Crippen LogP contribution in [0.1, 0.15) is 55.7 Å². The van der Waals surface area contributed by atoms with Gasteiger partial charge >= 0.3 is 6.03 Å². The lowest BCUT2D eigenvalue weighted by atomic mass is 9.93. The molecule has 2 aliphatic heterocycles. The van der Waals surface area contributed by atoms with E-state index in [1.165, 1.54) is 0 Å². The van der Waals surface area contributed by atoms with E-state index in [1.807, 2.05) is 43.5 Å². The second-order valence-electron chi connectivity index (χ2n) is 8.82. The van der Waals surface area contributed by atoms with Crippen molar-refractivity contribution in [2.75, 3.05) is 18.4 Å². The number of hydrogen-bond acceptors (Lipinski definition) is 5. The predicted octanol–water partition coefficient (Wildman–Crippen LogP) is 3.72. The first-order valence-electron chi connectivity index (χ1n) is 11.7. The lowest BCUT2D eigenvalue weighted by molar-refractivity contribution is -0.132. The van der Waals surface area contributed by atoms with Crippen LogP contribution in [0.3, 0.4) is 0 Å². The molecule has 3 amide bonds. The van der Waals surface area contributed by atoms with Crippen LogP contribution in [0.5, 0.6) is 0 Å². The summed E-state index contributed by atoms with van der Waals surface area (Å²) in [4.78, 5) is 31.0. The molecule has 0 aliphatic carbocycles. The van der Waals surface area contributed by atoms with Crippen LogP contribution in [0, 0.1) is 5.92 Å². The fourth-order valence-electron chi connectivity index (χ4n) is 4.31. The van der Waals surface area contributed by atoms with Gasteiger partial charge in [0.2, 0.25) is 5.91 Å². The Hall–Kier alpha value is -3.26. The smallest absolute Gasteiger partial charge is 0.322 e. The molecule has 0 radical (unpaired) electrons. The van der Waals surface area contributed by atoms with Gasteiger partial charge in [0.05, 0.1) is 5.71 Å². The van der Waals surface area contributed by atoms with E-state index in [0.29, 0.717) is 32.6 Å². The molecular formula is C25H32N6O2. The van der Waals surface area contributed by atoms with Crippen LogP contribution in [0.2, 0.25) is 0 Å². The molecule has 1 aromatic heterocycles. The normalized spacial score (nSPS) is 17.7. The molecular weight excluding hydrogens is 416 g/mol. The van der Waals surface area contributed by atoms with Gasteiger partial charge in [0.1, 0.15) is 0 Å². The molecule has 2 aliphatic rings. The molecule has 1 unspecified atom stereocenters. The molecule has 33 heavy (non-hydrogen) atoms. The van der Waals surface area contributed by atoms with Gasteiger partial charge in [-0.15, -0.1) is 0 Å². The third-order valence-electron chi connectivity index (χ3n) is 6.23. The van der Waals surface area contributed by atoms with Crippen LogP contribution in [0.25, 0.3) is 0 Å². The highest BCUT2D eigenvalue weighted by molar-refractivity contribution is 6.06. The summed E-state index contributed by atoms with van der Waals surface area (Å²) in [6.45, 7) is 4.54. The molecule has 3 heterocycles. The lowest BCUT2D eigenvalue weighted by Gasteiger charge is -2.28. The maximum Gasteiger partial charge on any atom is 0.322 e. The van der Waals surface area contributed by atoms with Crippen LogP contribution >= 0.6 is 0 Å². The highest BCUT2D eigenvalue weighted by Gasteiger charge is 2.27. The molecule has 1 aromatic carbocycles. The molecule has 0 saturated carbocycles. The Balaban J connectivity index is 1.37. The Labute approximate surface area is 194 Å². The number of unbranched alkanes of at least 4 members (excludes halogenated alkanes) is 3. The predicted molar refractivity (Wildman–Crippen MR) is 128 cm³/mol. The third-order valence-corrected chi connectivity index (χ3v) is 6.23. The van der Waals surface area contributed by atoms with E-state index < -0.39 is 0 Å². The maximum atomic E-state index is 12.7. The molecule has 4 rings (SSSR count). The molecule has 174 valence electrons. The summed E-state index contributed by atoms with van der Waals surface area (Å²) in [6.07, 6.45) is 8.11. The molecule has 8 nitrogen and oxygen atoms in total. The number of amides is 3. The number of benzene rings is 1. The largest absolute Gasteiger partial charge is 0.330 e. The van der Waals surface area contributed by atoms with Gasteiger partial charge < -0.3 is 16.0 Å². The zero-order chi connectivity index (χ0) is 23.2. The molecule has 0 bridgehead atoms. The number of hydrazone groups is 1. The molecule has 0 fully saturated rings. The quantitative estimate of drug-likeness (QED) is 0.601. The van der Waals surface area contributed by atoms with Crippen LogP contribution < -0.4 is 11.1 Å². The highest BCUT2D eigenvalue weighted by atomic mass is 16.2. The standard InChI is InChI=1S/C25H32N6O2/c1-18-14-23(32)31(13-5-3-2-4-11-26)29-24(18)19-6-8-22(9-7-19)28-25(33)30-16-20-10-12-27-15-21(20)17-30/h6-10,12,15,18H,2-5,11,13-14,16-17,26H2,1H3,(H,28,33). The number of nitrogens with zero attached hydrogens (tertiary/aromatic N) is 4. The zero-order valence-electron chi connectivity index (χ0n) is 19.2. The van der Waals surface area contributed by atoms with Crippen molar-refractivity contribution in [3.05, 3.63) is 59.4 Å². The Morgan fingerprint density at radius 2 is 1.85 bits per heavy atom. The number of urea groups is 1. The van der Waals surface area contributed by atoms with Crippen LogP contribution in [0.15, 0.2) is 47.8 Å². The van der Waals surface area contributed by atoms with E-state index in [1.54, 1.807) is 16.1 Å². The number of rotatable bonds is 8. The summed E-state index contributed by atoms with van der Waals surface area (Å²) >= 11 is 0. The van der Waals surface area contributed by atoms with Crippen molar-refractivity contribution < 1.29 is 9.59 Å². The first-order valence-corrected chi connectivity index (χ1v) is 11.7. The van der Waals surface area contributed by atoms with E-state index in [0.717, 1.165) is 53.8 Å². The number of pyridine rings is 1. The maximum absolute atomic E-state index is 12.7. The summed E-state index contributed by atoms with van der Waals surface area (Å²) in [6, 6.07) is 9.53. The second kappa shape index (κ2) is 10.6. The van der Waals surface area contributed by atoms with Crippen molar-refractivity contribution >= 4 is 23.3 Å². The molecule has 3 N–H and O–H groups in total. The summed E-state index contributed by atoms with van der Waals surface area (Å²) in [7, 11) is 0. The number of anilines is 1. The number of carbonyl (C=O) groups is 2. The molecule has 8 heteroatoms. The van der Waals surface area contributed by atoms with E-state index in [-0.39, 0.29) is 17.9 Å². The van der Waals surface area contributed by atoms with E-state index in [4.69, 9.17) is 5.73 Å². The van der Waals surface area contributed by atoms with Crippen molar-refractivity contribution in [1.29, 1.82) is 0 Å². The average Bonchev–Trinajstić information content (AvgIpc) is 3.25. The molecule has 0 spiro atoms. The third kappa shape index (κ3) is 5.57. The van der Waals surface area contributed by atoms with Gasteiger partial charge in [-0.25, -0.2) is 9.80 Å². The van der Waals surface area contributed by atoms with E-state index >= 15 is 0 Å². The Morgan fingerprint density at radius 1 is 1.09 bits per heavy atom.